The Kier molecular flexibility index (Phi) is 4.35. The number of carbonyl (C=O) groups excluding carboxylic acids is 2. The van der Waals surface area contributed by atoms with Crippen LogP contribution in [0.25, 0.3) is 0 Å². The van der Waals surface area contributed by atoms with Gasteiger partial charge in [0.15, 0.2) is 5.28 Å². The molecule has 0 aliphatic carbocycles. The number of nitrogens with one attached hydrogen (secondary N) is 2. The molecule has 0 saturated carbocycles. The quantitative estimate of drug-likeness (QED) is 0.657. The van der Waals surface area contributed by atoms with Crippen molar-refractivity contribution in [3.8, 4) is 0 Å². The van der Waals surface area contributed by atoms with E-state index in [0.717, 1.165) is 5.56 Å². The van der Waals surface area contributed by atoms with Gasteiger partial charge in [0.2, 0.25) is 0 Å². The van der Waals surface area contributed by atoms with Gasteiger partial charge in [-0.2, -0.15) is 0 Å². The van der Waals surface area contributed by atoms with E-state index in [4.69, 9.17) is 0 Å². The lowest BCUT2D eigenvalue weighted by Crippen LogP contribution is -2.43. The van der Waals surface area contributed by atoms with Crippen molar-refractivity contribution in [3.05, 3.63) is 35.9 Å². The van der Waals surface area contributed by atoms with Gasteiger partial charge in [0, 0.05) is 18.6 Å². The highest BCUT2D eigenvalue weighted by Gasteiger charge is 2.48. The zero-order chi connectivity index (χ0) is 15.7. The van der Waals surface area contributed by atoms with Crippen LogP contribution < -0.4 is 10.6 Å². The van der Waals surface area contributed by atoms with E-state index in [2.05, 4.69) is 19.9 Å². The molecule has 1 aliphatic heterocycles. The Bertz CT molecular complexity index is 542. The molecule has 0 radical (unpaired) electrons. The van der Waals surface area contributed by atoms with Crippen molar-refractivity contribution in [2.75, 3.05) is 13.1 Å². The van der Waals surface area contributed by atoms with Crippen LogP contribution in [0.15, 0.2) is 30.3 Å². The van der Waals surface area contributed by atoms with Crippen LogP contribution in [0.2, 0.25) is 0 Å². The summed E-state index contributed by atoms with van der Waals surface area (Å²) in [6, 6.07) is 8.90. The van der Waals surface area contributed by atoms with Crippen LogP contribution in [0.1, 0.15) is 26.3 Å². The zero-order valence-electron chi connectivity index (χ0n) is 12.6. The van der Waals surface area contributed by atoms with Crippen molar-refractivity contribution in [2.24, 2.45) is 0 Å². The lowest BCUT2D eigenvalue weighted by atomic mass is 10.1. The molecule has 3 amide bonds. The van der Waals surface area contributed by atoms with Gasteiger partial charge in [-0.05, 0) is 26.3 Å². The number of rotatable bonds is 4. The average Bonchev–Trinajstić information content (AvgIpc) is 2.63. The van der Waals surface area contributed by atoms with Crippen molar-refractivity contribution in [2.45, 2.75) is 31.6 Å². The molecular weight excluding hydrogens is 285 g/mol. The number of hydrogen-bond donors (Lipinski definition) is 2. The molecule has 2 rings (SSSR count). The summed E-state index contributed by atoms with van der Waals surface area (Å²) < 4.78 is 0. The molecule has 0 spiro atoms. The van der Waals surface area contributed by atoms with Crippen LogP contribution >= 0.6 is 9.24 Å². The summed E-state index contributed by atoms with van der Waals surface area (Å²) in [4.78, 5) is 25.9. The van der Waals surface area contributed by atoms with Crippen LogP contribution in [0.3, 0.4) is 0 Å². The smallest absolute Gasteiger partial charge is 0.316 e. The molecule has 0 aromatic heterocycles. The first kappa shape index (κ1) is 15.9. The third-order valence-corrected chi connectivity index (χ3v) is 4.08. The van der Waals surface area contributed by atoms with Gasteiger partial charge in [0.1, 0.15) is 0 Å². The summed E-state index contributed by atoms with van der Waals surface area (Å²) in [6.07, 6.45) is 0. The molecule has 0 bridgehead atoms. The number of amides is 3. The fourth-order valence-corrected chi connectivity index (χ4v) is 2.71. The summed E-state index contributed by atoms with van der Waals surface area (Å²) in [5.74, 6) is -0.237. The summed E-state index contributed by atoms with van der Waals surface area (Å²) in [7, 11) is 2.48. The lowest BCUT2D eigenvalue weighted by molar-refractivity contribution is -0.128. The molecule has 21 heavy (non-hydrogen) atoms. The molecule has 5 nitrogen and oxygen atoms in total. The molecule has 2 N–H and O–H groups in total. The Labute approximate surface area is 127 Å². The molecule has 1 heterocycles. The number of carbonyl (C=O) groups is 2. The molecule has 1 saturated heterocycles. The first-order valence-corrected chi connectivity index (χ1v) is 7.55. The van der Waals surface area contributed by atoms with Gasteiger partial charge in [-0.3, -0.25) is 9.69 Å². The van der Waals surface area contributed by atoms with Crippen LogP contribution in [0.4, 0.5) is 4.79 Å². The van der Waals surface area contributed by atoms with Gasteiger partial charge < -0.3 is 10.6 Å². The Hall–Kier alpha value is -1.45. The summed E-state index contributed by atoms with van der Waals surface area (Å²) >= 11 is 0. The van der Waals surface area contributed by atoms with E-state index in [1.807, 2.05) is 51.1 Å². The minimum absolute atomic E-state index is 0.0449. The Morgan fingerprint density at radius 1 is 1.24 bits per heavy atom. The summed E-state index contributed by atoms with van der Waals surface area (Å²) in [5.41, 5.74) is 0.719. The maximum Gasteiger partial charge on any atom is 0.325 e. The molecule has 114 valence electrons. The Balaban J connectivity index is 2.10. The molecule has 1 aromatic carbocycles. The van der Waals surface area contributed by atoms with Crippen LogP contribution in [-0.2, 0) is 10.1 Å². The number of benzene rings is 1. The highest BCUT2D eigenvalue weighted by atomic mass is 31.0. The fraction of sp³-hybridized carbons (Fsp3) is 0.467. The van der Waals surface area contributed by atoms with E-state index in [9.17, 15) is 9.59 Å². The zero-order valence-corrected chi connectivity index (χ0v) is 13.8. The maximum absolute atomic E-state index is 12.6. The van der Waals surface area contributed by atoms with E-state index in [1.165, 1.54) is 4.90 Å². The molecule has 2 unspecified atom stereocenters. The molecule has 2 atom stereocenters. The van der Waals surface area contributed by atoms with E-state index in [0.29, 0.717) is 13.1 Å². The van der Waals surface area contributed by atoms with Gasteiger partial charge in [-0.15, -0.1) is 0 Å². The topological polar surface area (TPSA) is 61.4 Å². The lowest BCUT2D eigenvalue weighted by Gasteiger charge is -2.24. The van der Waals surface area contributed by atoms with Gasteiger partial charge in [-0.25, -0.2) is 4.79 Å². The molecule has 1 aromatic rings. The standard InChI is InChI=1S/C15H22N3O2P/c1-14(2,3)16-9-10-18-12(19)15(21,17-13(18)20)11-7-5-4-6-8-11/h4-8,16H,9-10,21H2,1-3H3,(H,17,20). The monoisotopic (exact) mass is 307 g/mol. The van der Waals surface area contributed by atoms with Gasteiger partial charge in [0.05, 0.1) is 0 Å². The fourth-order valence-electron chi connectivity index (χ4n) is 2.24. The second kappa shape index (κ2) is 5.74. The van der Waals surface area contributed by atoms with Crippen molar-refractivity contribution >= 4 is 21.2 Å². The number of urea groups is 1. The summed E-state index contributed by atoms with van der Waals surface area (Å²) in [6.45, 7) is 7.05. The van der Waals surface area contributed by atoms with Crippen molar-refractivity contribution in [3.63, 3.8) is 0 Å². The number of hydrogen-bond acceptors (Lipinski definition) is 3. The van der Waals surface area contributed by atoms with Crippen LogP contribution in [0.5, 0.6) is 0 Å². The Morgan fingerprint density at radius 3 is 2.43 bits per heavy atom. The van der Waals surface area contributed by atoms with Crippen molar-refractivity contribution in [1.29, 1.82) is 0 Å². The third kappa shape index (κ3) is 3.42. The Morgan fingerprint density at radius 2 is 1.86 bits per heavy atom. The summed E-state index contributed by atoms with van der Waals surface area (Å²) in [5, 5.41) is 4.99. The van der Waals surface area contributed by atoms with E-state index < -0.39 is 5.28 Å². The molecule has 6 heteroatoms. The van der Waals surface area contributed by atoms with Gasteiger partial charge in [0.25, 0.3) is 5.91 Å². The van der Waals surface area contributed by atoms with Crippen molar-refractivity contribution in [1.82, 2.24) is 15.5 Å². The number of imide groups is 1. The molecule has 1 fully saturated rings. The van der Waals surface area contributed by atoms with Crippen molar-refractivity contribution < 1.29 is 9.59 Å². The largest absolute Gasteiger partial charge is 0.325 e. The average molecular weight is 307 g/mol. The van der Waals surface area contributed by atoms with E-state index >= 15 is 0 Å². The highest BCUT2D eigenvalue weighted by molar-refractivity contribution is 7.20. The third-order valence-electron chi connectivity index (χ3n) is 3.35. The SMILES string of the molecule is CC(C)(C)NCCN1C(=O)NC(P)(c2ccccc2)C1=O. The predicted molar refractivity (Wildman–Crippen MR) is 85.8 cm³/mol. The first-order valence-electron chi connectivity index (χ1n) is 6.97. The van der Waals surface area contributed by atoms with E-state index in [1.54, 1.807) is 0 Å². The highest BCUT2D eigenvalue weighted by Crippen LogP contribution is 2.34. The van der Waals surface area contributed by atoms with E-state index in [-0.39, 0.29) is 17.5 Å². The van der Waals surface area contributed by atoms with Gasteiger partial charge >= 0.3 is 6.03 Å². The van der Waals surface area contributed by atoms with Gasteiger partial charge in [-0.1, -0.05) is 39.6 Å². The molecular formula is C15H22N3O2P. The second-order valence-corrected chi connectivity index (χ2v) is 7.10. The molecule has 1 aliphatic rings. The van der Waals surface area contributed by atoms with Crippen LogP contribution in [0, 0.1) is 0 Å². The minimum Gasteiger partial charge on any atom is -0.316 e. The maximum atomic E-state index is 12.6. The number of nitrogens with zero attached hydrogens (tertiary/aromatic N) is 1. The van der Waals surface area contributed by atoms with Crippen LogP contribution in [-0.4, -0.2) is 35.5 Å². The first-order chi connectivity index (χ1) is 9.74. The predicted octanol–water partition coefficient (Wildman–Crippen LogP) is 1.65. The second-order valence-electron chi connectivity index (χ2n) is 6.24. The minimum atomic E-state index is -1.06. The normalized spacial score (nSPS) is 22.6.